The van der Waals surface area contributed by atoms with Crippen LogP contribution in [-0.4, -0.2) is 36.0 Å². The number of amides is 1. The van der Waals surface area contributed by atoms with Crippen molar-refractivity contribution in [3.05, 3.63) is 117 Å². The van der Waals surface area contributed by atoms with Gasteiger partial charge in [-0.25, -0.2) is 9.59 Å². The second-order valence-corrected chi connectivity index (χ2v) is 16.4. The zero-order valence-electron chi connectivity index (χ0n) is 25.5. The second-order valence-electron chi connectivity index (χ2n) is 11.8. The van der Waals surface area contributed by atoms with Crippen molar-refractivity contribution >= 4 is 40.5 Å². The first-order valence-electron chi connectivity index (χ1n) is 14.5. The fourth-order valence-corrected chi connectivity index (χ4v) is 13.1. The summed E-state index contributed by atoms with van der Waals surface area (Å²) in [6.45, 7) is 12.4. The molecule has 0 bridgehead atoms. The van der Waals surface area contributed by atoms with Gasteiger partial charge < -0.3 is 15.2 Å². The minimum Gasteiger partial charge on any atom is -0.480 e. The number of carbonyl (C=O) groups is 2. The average Bonchev–Trinajstić information content (AvgIpc) is 3.24. The first kappa shape index (κ1) is 30.7. The van der Waals surface area contributed by atoms with Crippen molar-refractivity contribution in [2.75, 3.05) is 12.8 Å². The van der Waals surface area contributed by atoms with E-state index < -0.39 is 24.1 Å². The molecule has 1 aliphatic rings. The molecule has 1 amide bonds. The minimum absolute atomic E-state index is 0.0946. The molecule has 5 rings (SSSR count). The molecular weight excluding hydrogens is 573 g/mol. The molecule has 0 spiro atoms. The molecule has 43 heavy (non-hydrogen) atoms. The molecule has 7 heteroatoms. The number of rotatable bonds is 8. The van der Waals surface area contributed by atoms with Gasteiger partial charge in [0.05, 0.1) is 0 Å². The SMILES string of the molecule is Cc1cc(C)c(P(=S)(C[C@@H](NC(=O)OCC2c3ccccc3-c3ccccc32)C(=O)O)c2c(C)cc(C)cc2C)c(C)c1. The van der Waals surface area contributed by atoms with E-state index in [4.69, 9.17) is 16.5 Å². The lowest BCUT2D eigenvalue weighted by Crippen LogP contribution is -2.46. The van der Waals surface area contributed by atoms with Crippen LogP contribution < -0.4 is 15.9 Å². The molecule has 1 aliphatic carbocycles. The largest absolute Gasteiger partial charge is 0.480 e. The number of ether oxygens (including phenoxy) is 1. The summed E-state index contributed by atoms with van der Waals surface area (Å²) in [6.07, 6.45) is -0.664. The normalized spacial score (nSPS) is 13.3. The monoisotopic (exact) mass is 611 g/mol. The summed E-state index contributed by atoms with van der Waals surface area (Å²) in [4.78, 5) is 25.9. The lowest BCUT2D eigenvalue weighted by molar-refractivity contribution is -0.138. The van der Waals surface area contributed by atoms with Crippen LogP contribution in [0.5, 0.6) is 0 Å². The summed E-state index contributed by atoms with van der Waals surface area (Å²) in [5.74, 6) is -1.25. The standard InChI is InChI=1S/C36H38NO4PS/c1-21-15-23(3)33(24(4)16-21)42(43,34-25(5)17-22(2)18-26(34)6)20-32(35(38)39)37-36(40)41-19-31-29-13-9-7-11-27(29)28-12-8-10-14-30(28)31/h7-18,31-32H,19-20H2,1-6H3,(H,37,40)(H,38,39)/t32-/m1/s1. The molecule has 0 saturated heterocycles. The van der Waals surface area contributed by atoms with Crippen LogP contribution in [0.1, 0.15) is 50.4 Å². The number of carboxylic acid groups (broad SMARTS) is 1. The lowest BCUT2D eigenvalue weighted by Gasteiger charge is -2.32. The van der Waals surface area contributed by atoms with E-state index in [2.05, 4.69) is 67.7 Å². The van der Waals surface area contributed by atoms with Gasteiger partial charge in [0.25, 0.3) is 0 Å². The van der Waals surface area contributed by atoms with Gasteiger partial charge in [-0.15, -0.1) is 0 Å². The summed E-state index contributed by atoms with van der Waals surface area (Å²) in [5.41, 5.74) is 10.9. The summed E-state index contributed by atoms with van der Waals surface area (Å²) in [7, 11) is 0. The van der Waals surface area contributed by atoms with Crippen LogP contribution in [0.15, 0.2) is 72.8 Å². The molecule has 0 heterocycles. The van der Waals surface area contributed by atoms with Gasteiger partial charge in [-0.2, -0.15) is 0 Å². The molecule has 222 valence electrons. The third-order valence-corrected chi connectivity index (χ3v) is 13.6. The number of hydrogen-bond acceptors (Lipinski definition) is 4. The number of hydrogen-bond donors (Lipinski definition) is 2. The molecule has 1 atom stereocenters. The first-order chi connectivity index (χ1) is 20.4. The molecule has 0 fully saturated rings. The molecule has 0 saturated carbocycles. The smallest absolute Gasteiger partial charge is 0.407 e. The van der Waals surface area contributed by atoms with Crippen molar-refractivity contribution < 1.29 is 19.4 Å². The van der Waals surface area contributed by atoms with Crippen molar-refractivity contribution in [3.63, 3.8) is 0 Å². The predicted molar refractivity (Wildman–Crippen MR) is 179 cm³/mol. The Bertz CT molecular complexity index is 1640. The average molecular weight is 612 g/mol. The van der Waals surface area contributed by atoms with E-state index in [0.717, 1.165) is 66.2 Å². The predicted octanol–water partition coefficient (Wildman–Crippen LogP) is 6.96. The maximum absolute atomic E-state index is 13.2. The number of aliphatic carboxylic acids is 1. The topological polar surface area (TPSA) is 75.6 Å². The highest BCUT2D eigenvalue weighted by atomic mass is 32.4. The van der Waals surface area contributed by atoms with Crippen molar-refractivity contribution in [2.24, 2.45) is 0 Å². The number of carboxylic acids is 1. The Morgan fingerprint density at radius 1 is 0.791 bits per heavy atom. The molecule has 4 aromatic carbocycles. The van der Waals surface area contributed by atoms with E-state index in [1.54, 1.807) is 0 Å². The van der Waals surface area contributed by atoms with E-state index >= 15 is 0 Å². The van der Waals surface area contributed by atoms with Gasteiger partial charge >= 0.3 is 12.1 Å². The Balaban J connectivity index is 1.45. The van der Waals surface area contributed by atoms with Gasteiger partial charge in [-0.1, -0.05) is 95.7 Å². The quantitative estimate of drug-likeness (QED) is 0.211. The molecule has 0 aliphatic heterocycles. The Labute approximate surface area is 259 Å². The minimum atomic E-state index is -2.73. The fourth-order valence-electron chi connectivity index (χ4n) is 7.00. The van der Waals surface area contributed by atoms with Crippen molar-refractivity contribution in [1.82, 2.24) is 5.32 Å². The number of fused-ring (bicyclic) bond motifs is 3. The maximum atomic E-state index is 13.2. The number of aryl methyl sites for hydroxylation is 6. The summed E-state index contributed by atoms with van der Waals surface area (Å²) in [5, 5.41) is 15.1. The molecular formula is C36H38NO4PS. The van der Waals surface area contributed by atoms with E-state index in [1.165, 1.54) is 0 Å². The van der Waals surface area contributed by atoms with Crippen molar-refractivity contribution in [3.8, 4) is 11.1 Å². The van der Waals surface area contributed by atoms with E-state index in [-0.39, 0.29) is 18.7 Å². The molecule has 2 N–H and O–H groups in total. The van der Waals surface area contributed by atoms with Crippen LogP contribution in [0.4, 0.5) is 4.79 Å². The van der Waals surface area contributed by atoms with Gasteiger partial charge in [0.2, 0.25) is 0 Å². The van der Waals surface area contributed by atoms with Gasteiger partial charge in [-0.3, -0.25) is 0 Å². The molecule has 4 aromatic rings. The van der Waals surface area contributed by atoms with Gasteiger partial charge in [-0.05, 0) is 96.7 Å². The number of carbonyl (C=O) groups excluding carboxylic acids is 1. The Hall–Kier alpha value is -3.73. The highest BCUT2D eigenvalue weighted by molar-refractivity contribution is 8.22. The van der Waals surface area contributed by atoms with Crippen LogP contribution in [0.3, 0.4) is 0 Å². The molecule has 0 unspecified atom stereocenters. The van der Waals surface area contributed by atoms with Gasteiger partial charge in [0, 0.05) is 18.1 Å². The Morgan fingerprint density at radius 3 is 1.63 bits per heavy atom. The third-order valence-electron chi connectivity index (χ3n) is 8.37. The second kappa shape index (κ2) is 12.1. The number of alkyl carbamates (subject to hydrolysis) is 1. The van der Waals surface area contributed by atoms with Crippen LogP contribution in [0.2, 0.25) is 0 Å². The first-order valence-corrected chi connectivity index (χ1v) is 17.5. The molecule has 5 nitrogen and oxygen atoms in total. The number of nitrogens with one attached hydrogen (secondary N) is 1. The Morgan fingerprint density at radius 2 is 1.21 bits per heavy atom. The van der Waals surface area contributed by atoms with Crippen molar-refractivity contribution in [1.29, 1.82) is 0 Å². The molecule has 0 aromatic heterocycles. The summed E-state index contributed by atoms with van der Waals surface area (Å²) < 4.78 is 5.74. The van der Waals surface area contributed by atoms with Crippen LogP contribution in [-0.2, 0) is 21.3 Å². The van der Waals surface area contributed by atoms with E-state index in [0.29, 0.717) is 0 Å². The summed E-state index contributed by atoms with van der Waals surface area (Å²) >= 11 is 6.61. The van der Waals surface area contributed by atoms with Crippen LogP contribution in [0, 0.1) is 41.5 Å². The highest BCUT2D eigenvalue weighted by Crippen LogP contribution is 2.49. The van der Waals surface area contributed by atoms with E-state index in [9.17, 15) is 14.7 Å². The zero-order valence-corrected chi connectivity index (χ0v) is 27.2. The highest BCUT2D eigenvalue weighted by Gasteiger charge is 2.36. The van der Waals surface area contributed by atoms with Crippen LogP contribution in [0.25, 0.3) is 11.1 Å². The summed E-state index contributed by atoms with van der Waals surface area (Å²) in [6, 6.07) is 20.7. The lowest BCUT2D eigenvalue weighted by atomic mass is 9.98. The Kier molecular flexibility index (Phi) is 8.65. The van der Waals surface area contributed by atoms with Crippen LogP contribution >= 0.6 is 6.04 Å². The van der Waals surface area contributed by atoms with Crippen molar-refractivity contribution in [2.45, 2.75) is 53.5 Å². The fraction of sp³-hybridized carbons (Fsp3) is 0.278. The van der Waals surface area contributed by atoms with E-state index in [1.807, 2.05) is 52.0 Å². The molecule has 0 radical (unpaired) electrons. The third kappa shape index (κ3) is 5.91. The van der Waals surface area contributed by atoms with Gasteiger partial charge in [0.15, 0.2) is 0 Å². The van der Waals surface area contributed by atoms with Gasteiger partial charge in [0.1, 0.15) is 12.6 Å². The maximum Gasteiger partial charge on any atom is 0.407 e. The zero-order chi connectivity index (χ0) is 31.1. The number of benzene rings is 4.